The molecule has 1 N–H and O–H groups in total. The molecule has 0 amide bonds. The summed E-state index contributed by atoms with van der Waals surface area (Å²) in [6.45, 7) is 0. The minimum atomic E-state index is -1.10. The molecule has 2 heterocycles. The van der Waals surface area contributed by atoms with Crippen LogP contribution >= 0.6 is 23.2 Å². The predicted octanol–water partition coefficient (Wildman–Crippen LogP) is 3.98. The number of rotatable bonds is 1. The summed E-state index contributed by atoms with van der Waals surface area (Å²) < 4.78 is 11.0. The van der Waals surface area contributed by atoms with Gasteiger partial charge in [0.15, 0.2) is 17.2 Å². The lowest BCUT2D eigenvalue weighted by atomic mass is 10.2. The van der Waals surface area contributed by atoms with Crippen LogP contribution in [-0.4, -0.2) is 16.1 Å². The summed E-state index contributed by atoms with van der Waals surface area (Å²) in [6.07, 6.45) is 1.19. The van der Waals surface area contributed by atoms with Crippen molar-refractivity contribution in [2.45, 2.75) is 0 Å². The zero-order chi connectivity index (χ0) is 13.6. The van der Waals surface area contributed by atoms with Gasteiger partial charge in [0.1, 0.15) is 0 Å². The number of pyridine rings is 1. The fraction of sp³-hybridized carbons (Fsp3) is 0. The molecule has 0 unspecified atom stereocenters. The molecule has 0 spiro atoms. The highest BCUT2D eigenvalue weighted by Gasteiger charge is 2.23. The number of carbonyl (C=O) groups is 1. The molecule has 2 aromatic rings. The van der Waals surface area contributed by atoms with E-state index < -0.39 is 5.97 Å². The predicted molar refractivity (Wildman–Crippen MR) is 67.8 cm³/mol. The van der Waals surface area contributed by atoms with E-state index in [0.717, 1.165) is 0 Å². The number of hydrogen-bond donors (Lipinski definition) is 1. The standard InChI is InChI=1S/C12H5Cl2NO4/c13-6-2-8-9(3-7(6)14)19-11-10(18-8)1-5(4-15-11)12(16)17/h1-4H,(H,16,17). The molecule has 0 atom stereocenters. The lowest BCUT2D eigenvalue weighted by Crippen LogP contribution is -2.04. The quantitative estimate of drug-likeness (QED) is 0.735. The molecule has 1 aromatic heterocycles. The SMILES string of the molecule is O=C(O)c1cnc2c(c1)Oc1cc(Cl)c(Cl)cc1O2. The minimum absolute atomic E-state index is 0.00543. The lowest BCUT2D eigenvalue weighted by Gasteiger charge is -2.20. The van der Waals surface area contributed by atoms with Gasteiger partial charge in [0.05, 0.1) is 15.6 Å². The van der Waals surface area contributed by atoms with E-state index in [1.54, 1.807) is 0 Å². The third-order valence-electron chi connectivity index (χ3n) is 2.48. The number of benzene rings is 1. The molecule has 0 bridgehead atoms. The van der Waals surface area contributed by atoms with Crippen LogP contribution in [0, 0.1) is 0 Å². The van der Waals surface area contributed by atoms with E-state index >= 15 is 0 Å². The van der Waals surface area contributed by atoms with Gasteiger partial charge in [0.25, 0.3) is 5.88 Å². The van der Waals surface area contributed by atoms with Gasteiger partial charge in [0.2, 0.25) is 0 Å². The van der Waals surface area contributed by atoms with Crippen LogP contribution < -0.4 is 9.47 Å². The molecule has 0 saturated carbocycles. The summed E-state index contributed by atoms with van der Waals surface area (Å²) in [5.41, 5.74) is 0.00543. The average molecular weight is 298 g/mol. The molecule has 0 fully saturated rings. The zero-order valence-corrected chi connectivity index (χ0v) is 10.7. The number of nitrogens with zero attached hydrogens (tertiary/aromatic N) is 1. The van der Waals surface area contributed by atoms with Crippen LogP contribution in [0.1, 0.15) is 10.4 Å². The van der Waals surface area contributed by atoms with Crippen molar-refractivity contribution >= 4 is 29.2 Å². The van der Waals surface area contributed by atoms with Gasteiger partial charge >= 0.3 is 5.97 Å². The van der Waals surface area contributed by atoms with E-state index in [1.807, 2.05) is 0 Å². The van der Waals surface area contributed by atoms with Gasteiger partial charge in [-0.15, -0.1) is 0 Å². The van der Waals surface area contributed by atoms with Crippen LogP contribution in [0.3, 0.4) is 0 Å². The largest absolute Gasteiger partial charge is 0.478 e. The highest BCUT2D eigenvalue weighted by molar-refractivity contribution is 6.42. The normalized spacial score (nSPS) is 11.9. The van der Waals surface area contributed by atoms with Crippen molar-refractivity contribution in [2.24, 2.45) is 0 Å². The number of aromatic nitrogens is 1. The van der Waals surface area contributed by atoms with Crippen LogP contribution in [0.4, 0.5) is 0 Å². The number of halogens is 2. The first-order valence-corrected chi connectivity index (χ1v) is 5.88. The molecule has 1 aliphatic rings. The molecule has 5 nitrogen and oxygen atoms in total. The van der Waals surface area contributed by atoms with Crippen molar-refractivity contribution in [1.82, 2.24) is 4.98 Å². The Kier molecular flexibility index (Phi) is 2.73. The van der Waals surface area contributed by atoms with Crippen LogP contribution in [0.25, 0.3) is 0 Å². The van der Waals surface area contributed by atoms with Crippen molar-refractivity contribution in [1.29, 1.82) is 0 Å². The second kappa shape index (κ2) is 4.29. The first-order valence-electron chi connectivity index (χ1n) is 5.12. The van der Waals surface area contributed by atoms with E-state index in [-0.39, 0.29) is 17.2 Å². The third kappa shape index (κ3) is 2.07. The number of carboxylic acid groups (broad SMARTS) is 1. The Labute approximate surface area is 117 Å². The molecule has 0 aliphatic carbocycles. The maximum absolute atomic E-state index is 10.9. The number of hydrogen-bond acceptors (Lipinski definition) is 4. The fourth-order valence-corrected chi connectivity index (χ4v) is 1.90. The molecule has 0 radical (unpaired) electrons. The molecule has 0 saturated heterocycles. The van der Waals surface area contributed by atoms with Crippen molar-refractivity contribution in [2.75, 3.05) is 0 Å². The van der Waals surface area contributed by atoms with Gasteiger partial charge in [-0.2, -0.15) is 0 Å². The second-order valence-corrected chi connectivity index (χ2v) is 4.56. The average Bonchev–Trinajstić information content (AvgIpc) is 2.37. The first-order chi connectivity index (χ1) is 9.04. The molecule has 1 aliphatic heterocycles. The summed E-state index contributed by atoms with van der Waals surface area (Å²) in [5, 5.41) is 9.53. The number of aromatic carboxylic acids is 1. The summed E-state index contributed by atoms with van der Waals surface area (Å²) in [6, 6.07) is 4.33. The van der Waals surface area contributed by atoms with E-state index in [1.165, 1.54) is 24.4 Å². The minimum Gasteiger partial charge on any atom is -0.478 e. The Morgan fingerprint density at radius 2 is 1.68 bits per heavy atom. The van der Waals surface area contributed by atoms with E-state index in [2.05, 4.69) is 4.98 Å². The van der Waals surface area contributed by atoms with E-state index in [4.69, 9.17) is 37.8 Å². The molecular weight excluding hydrogens is 293 g/mol. The van der Waals surface area contributed by atoms with Gasteiger partial charge in [-0.1, -0.05) is 23.2 Å². The monoisotopic (exact) mass is 297 g/mol. The van der Waals surface area contributed by atoms with Crippen molar-refractivity contribution in [3.05, 3.63) is 40.0 Å². The highest BCUT2D eigenvalue weighted by atomic mass is 35.5. The molecule has 96 valence electrons. The van der Waals surface area contributed by atoms with Crippen LogP contribution in [0.2, 0.25) is 10.0 Å². The Morgan fingerprint density at radius 3 is 2.32 bits per heavy atom. The van der Waals surface area contributed by atoms with Gasteiger partial charge in [-0.25, -0.2) is 9.78 Å². The molecule has 1 aromatic carbocycles. The van der Waals surface area contributed by atoms with Gasteiger partial charge in [0, 0.05) is 24.4 Å². The topological polar surface area (TPSA) is 68.7 Å². The van der Waals surface area contributed by atoms with Gasteiger partial charge < -0.3 is 14.6 Å². The third-order valence-corrected chi connectivity index (χ3v) is 3.20. The van der Waals surface area contributed by atoms with Gasteiger partial charge in [-0.05, 0) is 0 Å². The number of carboxylic acids is 1. The van der Waals surface area contributed by atoms with Gasteiger partial charge in [-0.3, -0.25) is 0 Å². The molecule has 19 heavy (non-hydrogen) atoms. The summed E-state index contributed by atoms with van der Waals surface area (Å²) in [4.78, 5) is 14.7. The number of fused-ring (bicyclic) bond motifs is 2. The number of ether oxygens (including phenoxy) is 2. The smallest absolute Gasteiger partial charge is 0.337 e. The van der Waals surface area contributed by atoms with Crippen molar-refractivity contribution in [3.63, 3.8) is 0 Å². The zero-order valence-electron chi connectivity index (χ0n) is 9.18. The highest BCUT2D eigenvalue weighted by Crippen LogP contribution is 2.46. The Bertz CT molecular complexity index is 702. The van der Waals surface area contributed by atoms with Crippen molar-refractivity contribution in [3.8, 4) is 23.1 Å². The Morgan fingerprint density at radius 1 is 1.05 bits per heavy atom. The summed E-state index contributed by atoms with van der Waals surface area (Å²) >= 11 is 11.8. The maximum atomic E-state index is 10.9. The Balaban J connectivity index is 2.06. The molecular formula is C12H5Cl2NO4. The van der Waals surface area contributed by atoms with Crippen LogP contribution in [0.5, 0.6) is 23.1 Å². The summed E-state index contributed by atoms with van der Waals surface area (Å²) in [5.74, 6) is 0.0178. The lowest BCUT2D eigenvalue weighted by molar-refractivity contribution is 0.0696. The molecule has 7 heteroatoms. The Hall–Kier alpha value is -1.98. The maximum Gasteiger partial charge on any atom is 0.337 e. The van der Waals surface area contributed by atoms with Crippen LogP contribution in [-0.2, 0) is 0 Å². The fourth-order valence-electron chi connectivity index (χ4n) is 1.59. The summed E-state index contributed by atoms with van der Waals surface area (Å²) in [7, 11) is 0. The van der Waals surface area contributed by atoms with Crippen molar-refractivity contribution < 1.29 is 19.4 Å². The first kappa shape index (κ1) is 12.1. The van der Waals surface area contributed by atoms with Crippen LogP contribution in [0.15, 0.2) is 24.4 Å². The second-order valence-electron chi connectivity index (χ2n) is 3.75. The molecule has 3 rings (SSSR count). The van der Waals surface area contributed by atoms with E-state index in [9.17, 15) is 4.79 Å². The van der Waals surface area contributed by atoms with E-state index in [0.29, 0.717) is 21.5 Å².